The number of aromatic nitrogens is 1. The van der Waals surface area contributed by atoms with E-state index in [1.54, 1.807) is 29.3 Å². The van der Waals surface area contributed by atoms with E-state index in [4.69, 9.17) is 16.3 Å². The molecule has 0 radical (unpaired) electrons. The van der Waals surface area contributed by atoms with Crippen molar-refractivity contribution in [3.05, 3.63) is 83.6 Å². The van der Waals surface area contributed by atoms with Crippen molar-refractivity contribution in [1.29, 1.82) is 0 Å². The number of pyridine rings is 1. The molecule has 1 atom stereocenters. The molecule has 4 rings (SSSR count). The Morgan fingerprint density at radius 3 is 2.94 bits per heavy atom. The maximum absolute atomic E-state index is 12.9. The summed E-state index contributed by atoms with van der Waals surface area (Å²) in [7, 11) is 0. The number of hydrogen-bond donors (Lipinski definition) is 0. The second-order valence-electron chi connectivity index (χ2n) is 7.54. The van der Waals surface area contributed by atoms with Crippen LogP contribution < -0.4 is 4.74 Å². The first kappa shape index (κ1) is 21.1. The van der Waals surface area contributed by atoms with Crippen LogP contribution in [0.5, 0.6) is 5.75 Å². The first-order chi connectivity index (χ1) is 15.0. The quantitative estimate of drug-likeness (QED) is 0.569. The molecule has 7 heteroatoms. The lowest BCUT2D eigenvalue weighted by atomic mass is 10.2. The summed E-state index contributed by atoms with van der Waals surface area (Å²) in [5.74, 6) is -0.0357. The molecule has 2 aromatic rings. The number of carbonyl (C=O) groups excluding carboxylic acids is 1. The zero-order valence-electron chi connectivity index (χ0n) is 17.2. The molecule has 1 amide bonds. The lowest BCUT2D eigenvalue weighted by Crippen LogP contribution is -2.42. The minimum absolute atomic E-state index is 0.0744. The van der Waals surface area contributed by atoms with Crippen LogP contribution >= 0.6 is 11.6 Å². The Balaban J connectivity index is 1.39. The Bertz CT molecular complexity index is 1130. The van der Waals surface area contributed by atoms with E-state index in [-0.39, 0.29) is 18.6 Å². The maximum Gasteiger partial charge on any atom is 0.264 e. The third-order valence-corrected chi connectivity index (χ3v) is 5.83. The summed E-state index contributed by atoms with van der Waals surface area (Å²) in [5, 5.41) is 1.38. The average Bonchev–Trinajstić information content (AvgIpc) is 3.36. The highest BCUT2D eigenvalue weighted by Gasteiger charge is 2.39. The molecule has 1 fully saturated rings. The molecule has 5 nitrogen and oxygen atoms in total. The van der Waals surface area contributed by atoms with Crippen molar-refractivity contribution >= 4 is 28.4 Å². The average molecular weight is 440 g/mol. The fourth-order valence-corrected chi connectivity index (χ4v) is 4.15. The fraction of sp³-hybridized carbons (Fsp3) is 0.250. The van der Waals surface area contributed by atoms with Crippen molar-refractivity contribution in [1.82, 2.24) is 14.8 Å². The van der Waals surface area contributed by atoms with Crippen LogP contribution in [0.1, 0.15) is 13.3 Å². The van der Waals surface area contributed by atoms with Gasteiger partial charge >= 0.3 is 0 Å². The summed E-state index contributed by atoms with van der Waals surface area (Å²) in [6.07, 6.45) is 9.42. The minimum Gasteiger partial charge on any atom is -0.481 e. The van der Waals surface area contributed by atoms with Crippen LogP contribution in [0.4, 0.5) is 4.39 Å². The fourth-order valence-electron chi connectivity index (χ4n) is 3.94. The number of carbonyl (C=O) groups is 1. The van der Waals surface area contributed by atoms with E-state index in [0.29, 0.717) is 22.8 Å². The summed E-state index contributed by atoms with van der Waals surface area (Å²) in [4.78, 5) is 21.1. The normalized spacial score (nSPS) is 18.2. The van der Waals surface area contributed by atoms with Gasteiger partial charge < -0.3 is 14.5 Å². The second kappa shape index (κ2) is 8.94. The molecular formula is C24H23ClFN3O2. The number of halogens is 2. The van der Waals surface area contributed by atoms with Gasteiger partial charge in [0.1, 0.15) is 17.1 Å². The van der Waals surface area contributed by atoms with Crippen molar-refractivity contribution in [3.8, 4) is 5.75 Å². The topological polar surface area (TPSA) is 45.7 Å². The molecule has 0 saturated carbocycles. The zero-order chi connectivity index (χ0) is 22.0. The molecular weight excluding hydrogens is 417 g/mol. The molecule has 1 aromatic heterocycles. The Morgan fingerprint density at radius 2 is 2.23 bits per heavy atom. The predicted molar refractivity (Wildman–Crippen MR) is 120 cm³/mol. The number of rotatable bonds is 7. The number of amides is 1. The molecule has 0 aliphatic carbocycles. The van der Waals surface area contributed by atoms with E-state index in [9.17, 15) is 9.18 Å². The van der Waals surface area contributed by atoms with Crippen molar-refractivity contribution in [2.45, 2.75) is 19.4 Å². The first-order valence-corrected chi connectivity index (χ1v) is 10.4. The van der Waals surface area contributed by atoms with Gasteiger partial charge in [-0.25, -0.2) is 4.39 Å². The zero-order valence-corrected chi connectivity index (χ0v) is 18.0. The van der Waals surface area contributed by atoms with E-state index in [1.807, 2.05) is 31.3 Å². The second-order valence-corrected chi connectivity index (χ2v) is 7.94. The molecule has 1 aromatic carbocycles. The van der Waals surface area contributed by atoms with E-state index in [1.165, 1.54) is 6.08 Å². The monoisotopic (exact) mass is 439 g/mol. The minimum atomic E-state index is -0.470. The van der Waals surface area contributed by atoms with E-state index in [2.05, 4.69) is 16.5 Å². The summed E-state index contributed by atoms with van der Waals surface area (Å²) < 4.78 is 18.7. The summed E-state index contributed by atoms with van der Waals surface area (Å²) in [5.41, 5.74) is 2.73. The lowest BCUT2D eigenvalue weighted by molar-refractivity contribution is -0.132. The summed E-state index contributed by atoms with van der Waals surface area (Å²) in [6, 6.07) is 7.25. The van der Waals surface area contributed by atoms with E-state index < -0.39 is 5.83 Å². The van der Waals surface area contributed by atoms with Gasteiger partial charge in [0.2, 0.25) is 0 Å². The molecule has 1 saturated heterocycles. The van der Waals surface area contributed by atoms with Gasteiger partial charge in [-0.3, -0.25) is 9.78 Å². The van der Waals surface area contributed by atoms with Crippen LogP contribution in [-0.2, 0) is 4.79 Å². The Kier molecular flexibility index (Phi) is 6.09. The number of hydrogen-bond acceptors (Lipinski definition) is 4. The van der Waals surface area contributed by atoms with Gasteiger partial charge in [-0.05, 0) is 42.8 Å². The number of benzene rings is 1. The molecule has 2 aliphatic rings. The predicted octanol–water partition coefficient (Wildman–Crippen LogP) is 5.01. The van der Waals surface area contributed by atoms with Crippen molar-refractivity contribution < 1.29 is 13.9 Å². The summed E-state index contributed by atoms with van der Waals surface area (Å²) in [6.45, 7) is 6.51. The number of ether oxygens (including phenoxy) is 1. The molecule has 0 spiro atoms. The van der Waals surface area contributed by atoms with Crippen LogP contribution in [-0.4, -0.2) is 46.4 Å². The van der Waals surface area contributed by atoms with Gasteiger partial charge in [-0.15, -0.1) is 0 Å². The largest absolute Gasteiger partial charge is 0.481 e. The molecule has 2 aliphatic heterocycles. The van der Waals surface area contributed by atoms with Crippen LogP contribution in [0.3, 0.4) is 0 Å². The number of allylic oxidation sites excluding steroid dienone is 3. The van der Waals surface area contributed by atoms with Crippen molar-refractivity contribution in [2.75, 3.05) is 19.7 Å². The Hall–Kier alpha value is -3.12. The van der Waals surface area contributed by atoms with Gasteiger partial charge in [-0.1, -0.05) is 30.3 Å². The molecule has 31 heavy (non-hydrogen) atoms. The van der Waals surface area contributed by atoms with Crippen molar-refractivity contribution in [3.63, 3.8) is 0 Å². The molecule has 1 unspecified atom stereocenters. The molecule has 3 heterocycles. The van der Waals surface area contributed by atoms with Gasteiger partial charge in [-0.2, -0.15) is 0 Å². The smallest absolute Gasteiger partial charge is 0.264 e. The molecule has 160 valence electrons. The first-order valence-electron chi connectivity index (χ1n) is 10.1. The van der Waals surface area contributed by atoms with Gasteiger partial charge in [0.15, 0.2) is 6.61 Å². The maximum atomic E-state index is 12.9. The third-order valence-electron chi connectivity index (χ3n) is 5.50. The highest BCUT2D eigenvalue weighted by Crippen LogP contribution is 2.34. The highest BCUT2D eigenvalue weighted by molar-refractivity contribution is 6.35. The van der Waals surface area contributed by atoms with E-state index >= 15 is 0 Å². The van der Waals surface area contributed by atoms with Crippen LogP contribution in [0.2, 0.25) is 5.02 Å². The SMILES string of the molecule is C=C(F)/C=C\C(=C/C)CN1CC2CC1=CN2C(=O)COc1ccc(Cl)c2cccnc12. The van der Waals surface area contributed by atoms with Crippen LogP contribution in [0.25, 0.3) is 10.9 Å². The summed E-state index contributed by atoms with van der Waals surface area (Å²) >= 11 is 6.22. The van der Waals surface area contributed by atoms with Crippen LogP contribution in [0.15, 0.2) is 78.6 Å². The molecule has 2 bridgehead atoms. The van der Waals surface area contributed by atoms with Gasteiger partial charge in [0.05, 0.1) is 11.1 Å². The number of fused-ring (bicyclic) bond motifs is 3. The lowest BCUT2D eigenvalue weighted by Gasteiger charge is -2.30. The van der Waals surface area contributed by atoms with Gasteiger partial charge in [0.25, 0.3) is 5.91 Å². The Morgan fingerprint density at radius 1 is 1.39 bits per heavy atom. The highest BCUT2D eigenvalue weighted by atomic mass is 35.5. The third kappa shape index (κ3) is 4.49. The van der Waals surface area contributed by atoms with Crippen molar-refractivity contribution in [2.24, 2.45) is 0 Å². The number of likely N-dealkylation sites (tertiary alicyclic amines) is 1. The van der Waals surface area contributed by atoms with Gasteiger partial charge in [0, 0.05) is 43.0 Å². The van der Waals surface area contributed by atoms with Crippen LogP contribution in [0, 0.1) is 0 Å². The standard InChI is InChI=1S/C24H23ClFN3O2/c1-3-17(7-6-16(2)26)12-28-13-19-11-18(28)14-29(19)23(30)15-31-22-9-8-21(25)20-5-4-10-27-24(20)22/h3-10,14,19H,2,11-13,15H2,1H3/b7-6-,17-3+. The Labute approximate surface area is 185 Å². The molecule has 0 N–H and O–H groups in total. The van der Waals surface area contributed by atoms with E-state index in [0.717, 1.165) is 29.6 Å². The number of nitrogens with zero attached hydrogens (tertiary/aromatic N) is 3.